The average Bonchev–Trinajstić information content (AvgIpc) is 2.70. The molecular formula is C13H20N4O2S. The number of nitrogen functional groups attached to an aromatic ring is 1. The maximum atomic E-state index is 12.2. The number of nitrogens with zero attached hydrogens (tertiary/aromatic N) is 3. The molecule has 110 valence electrons. The minimum atomic E-state index is 0.0566. The van der Waals surface area contributed by atoms with Gasteiger partial charge in [0, 0.05) is 38.0 Å². The number of amides is 2. The van der Waals surface area contributed by atoms with E-state index >= 15 is 0 Å². The van der Waals surface area contributed by atoms with Crippen molar-refractivity contribution in [3.8, 4) is 0 Å². The molecule has 2 rings (SSSR count). The summed E-state index contributed by atoms with van der Waals surface area (Å²) in [5.41, 5.74) is 6.29. The van der Waals surface area contributed by atoms with Crippen molar-refractivity contribution in [3.63, 3.8) is 0 Å². The van der Waals surface area contributed by atoms with Crippen LogP contribution < -0.4 is 5.73 Å². The Morgan fingerprint density at radius 1 is 1.25 bits per heavy atom. The Hall–Kier alpha value is -1.63. The largest absolute Gasteiger partial charge is 0.375 e. The van der Waals surface area contributed by atoms with E-state index in [1.54, 1.807) is 0 Å². The lowest BCUT2D eigenvalue weighted by Gasteiger charge is -2.21. The van der Waals surface area contributed by atoms with E-state index in [0.717, 1.165) is 18.7 Å². The van der Waals surface area contributed by atoms with Crippen molar-refractivity contribution in [2.45, 2.75) is 26.2 Å². The van der Waals surface area contributed by atoms with E-state index in [0.29, 0.717) is 31.2 Å². The van der Waals surface area contributed by atoms with Gasteiger partial charge < -0.3 is 15.5 Å². The van der Waals surface area contributed by atoms with Gasteiger partial charge in [-0.3, -0.25) is 9.59 Å². The van der Waals surface area contributed by atoms with Crippen LogP contribution in [0.3, 0.4) is 0 Å². The fraction of sp³-hybridized carbons (Fsp3) is 0.615. The van der Waals surface area contributed by atoms with E-state index in [9.17, 15) is 9.59 Å². The van der Waals surface area contributed by atoms with Gasteiger partial charge in [-0.2, -0.15) is 0 Å². The lowest BCUT2D eigenvalue weighted by atomic mass is 10.3. The Balaban J connectivity index is 1.89. The number of thiazole rings is 1. The van der Waals surface area contributed by atoms with E-state index in [4.69, 9.17) is 5.73 Å². The van der Waals surface area contributed by atoms with E-state index in [1.165, 1.54) is 11.3 Å². The first-order valence-corrected chi connectivity index (χ1v) is 7.73. The molecule has 0 unspecified atom stereocenters. The predicted octanol–water partition coefficient (Wildman–Crippen LogP) is 0.739. The third-order valence-corrected chi connectivity index (χ3v) is 4.13. The second-order valence-corrected chi connectivity index (χ2v) is 5.71. The van der Waals surface area contributed by atoms with Crippen LogP contribution in [0.2, 0.25) is 0 Å². The molecule has 0 spiro atoms. The minimum absolute atomic E-state index is 0.0566. The first kappa shape index (κ1) is 14.8. The van der Waals surface area contributed by atoms with Crippen molar-refractivity contribution in [3.05, 3.63) is 11.1 Å². The van der Waals surface area contributed by atoms with Crippen LogP contribution in [-0.4, -0.2) is 52.8 Å². The molecular weight excluding hydrogens is 276 g/mol. The summed E-state index contributed by atoms with van der Waals surface area (Å²) in [5.74, 6) is 0.215. The highest BCUT2D eigenvalue weighted by Crippen LogP contribution is 2.13. The summed E-state index contributed by atoms with van der Waals surface area (Å²) < 4.78 is 0. The highest BCUT2D eigenvalue weighted by atomic mass is 32.1. The van der Waals surface area contributed by atoms with Gasteiger partial charge in [0.1, 0.15) is 0 Å². The summed E-state index contributed by atoms with van der Waals surface area (Å²) in [6, 6.07) is 0. The maximum absolute atomic E-state index is 12.2. The first-order valence-electron chi connectivity index (χ1n) is 6.85. The number of hydrogen-bond donors (Lipinski definition) is 1. The zero-order valence-corrected chi connectivity index (χ0v) is 12.5. The third kappa shape index (κ3) is 3.69. The molecule has 0 aliphatic carbocycles. The molecule has 2 heterocycles. The third-order valence-electron chi connectivity index (χ3n) is 3.41. The molecule has 1 fully saturated rings. The molecule has 1 aromatic heterocycles. The molecule has 6 nitrogen and oxygen atoms in total. The highest BCUT2D eigenvalue weighted by Gasteiger charge is 2.21. The number of carbonyl (C=O) groups is 2. The molecule has 2 amide bonds. The van der Waals surface area contributed by atoms with Crippen LogP contribution in [0.4, 0.5) is 5.13 Å². The van der Waals surface area contributed by atoms with Gasteiger partial charge in [0.05, 0.1) is 12.1 Å². The van der Waals surface area contributed by atoms with Crippen LogP contribution in [0.1, 0.15) is 25.5 Å². The normalized spacial score (nSPS) is 16.1. The Morgan fingerprint density at radius 2 is 1.90 bits per heavy atom. The van der Waals surface area contributed by atoms with Crippen LogP contribution >= 0.6 is 11.3 Å². The highest BCUT2D eigenvalue weighted by molar-refractivity contribution is 7.13. The molecule has 1 aliphatic rings. The Labute approximate surface area is 122 Å². The van der Waals surface area contributed by atoms with Crippen LogP contribution in [0.5, 0.6) is 0 Å². The molecule has 2 N–H and O–H groups in total. The van der Waals surface area contributed by atoms with Crippen molar-refractivity contribution in [2.24, 2.45) is 0 Å². The molecule has 1 aliphatic heterocycles. The number of hydrogen-bond acceptors (Lipinski definition) is 5. The van der Waals surface area contributed by atoms with Crippen LogP contribution in [0, 0.1) is 0 Å². The molecule has 0 bridgehead atoms. The lowest BCUT2D eigenvalue weighted by molar-refractivity contribution is -0.133. The topological polar surface area (TPSA) is 79.5 Å². The van der Waals surface area contributed by atoms with E-state index in [2.05, 4.69) is 4.98 Å². The molecule has 0 saturated carbocycles. The summed E-state index contributed by atoms with van der Waals surface area (Å²) in [4.78, 5) is 31.7. The SMILES string of the molecule is CCC(=O)N1CCCN(C(=O)Cc2csc(N)n2)CC1. The standard InChI is InChI=1S/C13H20N4O2S/c1-2-11(18)16-4-3-5-17(7-6-16)12(19)8-10-9-20-13(14)15-10/h9H,2-8H2,1H3,(H2,14,15). The first-order chi connectivity index (χ1) is 9.60. The molecule has 7 heteroatoms. The van der Waals surface area contributed by atoms with Crippen molar-refractivity contribution in [2.75, 3.05) is 31.9 Å². The Kier molecular flexibility index (Phi) is 4.94. The monoisotopic (exact) mass is 296 g/mol. The molecule has 20 heavy (non-hydrogen) atoms. The van der Waals surface area contributed by atoms with Gasteiger partial charge in [0.2, 0.25) is 11.8 Å². The van der Waals surface area contributed by atoms with Crippen LogP contribution in [-0.2, 0) is 16.0 Å². The van der Waals surface area contributed by atoms with E-state index in [-0.39, 0.29) is 18.2 Å². The van der Waals surface area contributed by atoms with Gasteiger partial charge in [-0.1, -0.05) is 6.92 Å². The number of aromatic nitrogens is 1. The van der Waals surface area contributed by atoms with Crippen molar-refractivity contribution in [1.82, 2.24) is 14.8 Å². The second-order valence-electron chi connectivity index (χ2n) is 4.82. The van der Waals surface area contributed by atoms with Crippen molar-refractivity contribution in [1.29, 1.82) is 0 Å². The summed E-state index contributed by atoms with van der Waals surface area (Å²) in [5, 5.41) is 2.31. The molecule has 0 atom stereocenters. The molecule has 1 aromatic rings. The number of rotatable bonds is 3. The minimum Gasteiger partial charge on any atom is -0.375 e. The Bertz CT molecular complexity index is 488. The molecule has 0 radical (unpaired) electrons. The van der Waals surface area contributed by atoms with E-state index in [1.807, 2.05) is 22.1 Å². The average molecular weight is 296 g/mol. The van der Waals surface area contributed by atoms with Crippen molar-refractivity contribution < 1.29 is 9.59 Å². The van der Waals surface area contributed by atoms with Crippen LogP contribution in [0.25, 0.3) is 0 Å². The van der Waals surface area contributed by atoms with Gasteiger partial charge in [0.25, 0.3) is 0 Å². The lowest BCUT2D eigenvalue weighted by Crippen LogP contribution is -2.37. The quantitative estimate of drug-likeness (QED) is 0.892. The summed E-state index contributed by atoms with van der Waals surface area (Å²) in [6.07, 6.45) is 1.64. The van der Waals surface area contributed by atoms with Crippen LogP contribution in [0.15, 0.2) is 5.38 Å². The van der Waals surface area contributed by atoms with Gasteiger partial charge in [0.15, 0.2) is 5.13 Å². The predicted molar refractivity (Wildman–Crippen MR) is 78.3 cm³/mol. The molecule has 1 saturated heterocycles. The zero-order valence-electron chi connectivity index (χ0n) is 11.7. The van der Waals surface area contributed by atoms with Crippen molar-refractivity contribution >= 4 is 28.3 Å². The summed E-state index contributed by atoms with van der Waals surface area (Å²) in [6.45, 7) is 4.52. The fourth-order valence-corrected chi connectivity index (χ4v) is 2.87. The zero-order chi connectivity index (χ0) is 14.5. The van der Waals surface area contributed by atoms with E-state index < -0.39 is 0 Å². The fourth-order valence-electron chi connectivity index (χ4n) is 2.31. The van der Waals surface area contributed by atoms with Gasteiger partial charge in [-0.15, -0.1) is 11.3 Å². The summed E-state index contributed by atoms with van der Waals surface area (Å²) >= 11 is 1.35. The molecule has 0 aromatic carbocycles. The van der Waals surface area contributed by atoms with Gasteiger partial charge >= 0.3 is 0 Å². The smallest absolute Gasteiger partial charge is 0.228 e. The van der Waals surface area contributed by atoms with Gasteiger partial charge in [-0.25, -0.2) is 4.98 Å². The number of nitrogens with two attached hydrogens (primary N) is 1. The Morgan fingerprint density at radius 3 is 2.45 bits per heavy atom. The number of carbonyl (C=O) groups excluding carboxylic acids is 2. The number of anilines is 1. The second kappa shape index (κ2) is 6.69. The summed E-state index contributed by atoms with van der Waals surface area (Å²) in [7, 11) is 0. The van der Waals surface area contributed by atoms with Gasteiger partial charge in [-0.05, 0) is 6.42 Å². The maximum Gasteiger partial charge on any atom is 0.228 e.